The Morgan fingerprint density at radius 3 is 2.78 bits per heavy atom. The van der Waals surface area contributed by atoms with Crippen LogP contribution in [-0.2, 0) is 6.61 Å². The summed E-state index contributed by atoms with van der Waals surface area (Å²) in [5.41, 5.74) is 2.41. The molecule has 2 unspecified atom stereocenters. The molecule has 1 saturated heterocycles. The molecule has 1 aliphatic carbocycles. The quantitative estimate of drug-likeness (QED) is 0.635. The molecule has 2 N–H and O–H groups in total. The number of ether oxygens (including phenoxy) is 1. The molecule has 0 bridgehead atoms. The van der Waals surface area contributed by atoms with Gasteiger partial charge in [-0.2, -0.15) is 9.61 Å². The average molecular weight is 440 g/mol. The fourth-order valence-corrected chi connectivity index (χ4v) is 5.14. The van der Waals surface area contributed by atoms with Crippen LogP contribution in [0.2, 0.25) is 0 Å². The number of hydrogen-bond acceptors (Lipinski definition) is 4. The van der Waals surface area contributed by atoms with Crippen LogP contribution in [0.5, 0.6) is 5.88 Å². The molecule has 0 spiro atoms. The minimum absolute atomic E-state index is 0.147. The second-order valence-corrected chi connectivity index (χ2v) is 8.79. The molecule has 1 saturated carbocycles. The van der Waals surface area contributed by atoms with Crippen LogP contribution in [0.1, 0.15) is 46.4 Å². The van der Waals surface area contributed by atoms with Gasteiger partial charge in [-0.3, -0.25) is 4.79 Å². The number of carbonyl (C=O) groups excluding carboxylic acids is 1. The maximum absolute atomic E-state index is 14.0. The number of nitrogens with one attached hydrogen (secondary N) is 2. The highest BCUT2D eigenvalue weighted by Crippen LogP contribution is 2.33. The standard InChI is InChI=1S/C24H26F2N4O2/c1-13-10-21-23(24(31)28-20-7-6-19-15(20)8-9-27-19)14(2)29-30(21)22(11-13)32-12-16-17(25)4-3-5-18(16)26/h3-5,10-11,15,19-20,27H,6-9,12H2,1-2H3,(H,28,31)/t15-,19?,20?/m0/s1. The first kappa shape index (κ1) is 20.9. The van der Waals surface area contributed by atoms with Gasteiger partial charge in [-0.1, -0.05) is 6.07 Å². The maximum Gasteiger partial charge on any atom is 0.255 e. The first-order valence-corrected chi connectivity index (χ1v) is 11.0. The van der Waals surface area contributed by atoms with Crippen LogP contribution in [0, 0.1) is 31.4 Å². The summed E-state index contributed by atoms with van der Waals surface area (Å²) in [6.45, 7) is 4.38. The van der Waals surface area contributed by atoms with E-state index in [0.29, 0.717) is 34.6 Å². The predicted molar refractivity (Wildman–Crippen MR) is 116 cm³/mol. The van der Waals surface area contributed by atoms with Crippen molar-refractivity contribution in [1.29, 1.82) is 0 Å². The number of nitrogens with zero attached hydrogens (tertiary/aromatic N) is 2. The molecule has 168 valence electrons. The molecule has 1 amide bonds. The molecule has 2 fully saturated rings. The first-order chi connectivity index (χ1) is 15.4. The maximum atomic E-state index is 14.0. The lowest BCUT2D eigenvalue weighted by atomic mass is 9.99. The van der Waals surface area contributed by atoms with E-state index >= 15 is 0 Å². The normalized spacial score (nSPS) is 22.3. The molecule has 8 heteroatoms. The van der Waals surface area contributed by atoms with Crippen molar-refractivity contribution in [3.8, 4) is 5.88 Å². The Morgan fingerprint density at radius 2 is 2.00 bits per heavy atom. The summed E-state index contributed by atoms with van der Waals surface area (Å²) in [6.07, 6.45) is 3.12. The molecular formula is C24H26F2N4O2. The summed E-state index contributed by atoms with van der Waals surface area (Å²) >= 11 is 0. The van der Waals surface area contributed by atoms with E-state index in [1.807, 2.05) is 13.0 Å². The number of aryl methyl sites for hydroxylation is 2. The summed E-state index contributed by atoms with van der Waals surface area (Å²) in [7, 11) is 0. The molecule has 3 aromatic rings. The Labute approximate surface area is 185 Å². The number of rotatable bonds is 5. The van der Waals surface area contributed by atoms with Crippen molar-refractivity contribution in [2.75, 3.05) is 6.54 Å². The number of halogens is 2. The van der Waals surface area contributed by atoms with Crippen LogP contribution >= 0.6 is 0 Å². The van der Waals surface area contributed by atoms with E-state index < -0.39 is 11.6 Å². The highest BCUT2D eigenvalue weighted by Gasteiger charge is 2.40. The van der Waals surface area contributed by atoms with Gasteiger partial charge in [0.2, 0.25) is 5.88 Å². The van der Waals surface area contributed by atoms with Crippen LogP contribution in [0.3, 0.4) is 0 Å². The largest absolute Gasteiger partial charge is 0.473 e. The third-order valence-electron chi connectivity index (χ3n) is 6.70. The average Bonchev–Trinajstić information content (AvgIpc) is 3.43. The van der Waals surface area contributed by atoms with Gasteiger partial charge in [0.25, 0.3) is 5.91 Å². The Bertz CT molecular complexity index is 1170. The minimum atomic E-state index is -0.665. The van der Waals surface area contributed by atoms with Gasteiger partial charge in [0, 0.05) is 18.2 Å². The lowest BCUT2D eigenvalue weighted by molar-refractivity contribution is 0.0929. The van der Waals surface area contributed by atoms with Crippen molar-refractivity contribution >= 4 is 11.4 Å². The molecule has 3 heterocycles. The number of fused-ring (bicyclic) bond motifs is 2. The van der Waals surface area contributed by atoms with E-state index in [9.17, 15) is 13.6 Å². The second kappa shape index (κ2) is 8.16. The van der Waals surface area contributed by atoms with Gasteiger partial charge in [0.1, 0.15) is 18.2 Å². The number of aromatic nitrogens is 2. The topological polar surface area (TPSA) is 67.7 Å². The number of benzene rings is 1. The Kier molecular flexibility index (Phi) is 5.33. The molecule has 1 aromatic carbocycles. The first-order valence-electron chi connectivity index (χ1n) is 11.0. The minimum Gasteiger partial charge on any atom is -0.473 e. The van der Waals surface area contributed by atoms with Crippen LogP contribution in [0.25, 0.3) is 5.52 Å². The van der Waals surface area contributed by atoms with Gasteiger partial charge in [0.05, 0.1) is 22.3 Å². The predicted octanol–water partition coefficient (Wildman–Crippen LogP) is 3.68. The Balaban J connectivity index is 1.43. The van der Waals surface area contributed by atoms with Crippen molar-refractivity contribution in [3.05, 3.63) is 64.4 Å². The summed E-state index contributed by atoms with van der Waals surface area (Å²) < 4.78 is 35.3. The molecule has 32 heavy (non-hydrogen) atoms. The lowest BCUT2D eigenvalue weighted by Crippen LogP contribution is -2.39. The molecular weight excluding hydrogens is 414 g/mol. The zero-order valence-corrected chi connectivity index (χ0v) is 18.1. The van der Waals surface area contributed by atoms with Crippen LogP contribution in [-0.4, -0.2) is 34.1 Å². The molecule has 1 aliphatic heterocycles. The molecule has 5 rings (SSSR count). The molecule has 2 aliphatic rings. The highest BCUT2D eigenvalue weighted by molar-refractivity contribution is 6.02. The fourth-order valence-electron chi connectivity index (χ4n) is 5.14. The van der Waals surface area contributed by atoms with E-state index in [1.165, 1.54) is 22.7 Å². The van der Waals surface area contributed by atoms with Gasteiger partial charge in [-0.15, -0.1) is 0 Å². The van der Waals surface area contributed by atoms with Gasteiger partial charge >= 0.3 is 0 Å². The highest BCUT2D eigenvalue weighted by atomic mass is 19.1. The number of pyridine rings is 1. The fraction of sp³-hybridized carbons (Fsp3) is 0.417. The van der Waals surface area contributed by atoms with Gasteiger partial charge < -0.3 is 15.4 Å². The van der Waals surface area contributed by atoms with Gasteiger partial charge in [0.15, 0.2) is 0 Å². The Morgan fingerprint density at radius 1 is 1.22 bits per heavy atom. The number of amides is 1. The van der Waals surface area contributed by atoms with Crippen molar-refractivity contribution < 1.29 is 18.3 Å². The van der Waals surface area contributed by atoms with Crippen molar-refractivity contribution in [3.63, 3.8) is 0 Å². The summed E-state index contributed by atoms with van der Waals surface area (Å²) in [6, 6.07) is 7.97. The summed E-state index contributed by atoms with van der Waals surface area (Å²) in [5.74, 6) is -0.682. The van der Waals surface area contributed by atoms with Crippen LogP contribution in [0.4, 0.5) is 8.78 Å². The zero-order valence-electron chi connectivity index (χ0n) is 18.1. The molecule has 0 radical (unpaired) electrons. The zero-order chi connectivity index (χ0) is 22.4. The lowest BCUT2D eigenvalue weighted by Gasteiger charge is -2.19. The van der Waals surface area contributed by atoms with Crippen molar-refractivity contribution in [2.24, 2.45) is 5.92 Å². The SMILES string of the molecule is Cc1cc(OCc2c(F)cccc2F)n2nc(C)c(C(=O)NC3CCC4NCC[C@@H]43)c2c1. The molecule has 2 aromatic heterocycles. The smallest absolute Gasteiger partial charge is 0.255 e. The third kappa shape index (κ3) is 3.62. The van der Waals surface area contributed by atoms with Crippen LogP contribution in [0.15, 0.2) is 30.3 Å². The van der Waals surface area contributed by atoms with E-state index in [0.717, 1.165) is 31.4 Å². The number of hydrogen-bond donors (Lipinski definition) is 2. The Hall–Kier alpha value is -3.00. The van der Waals surface area contributed by atoms with Crippen molar-refractivity contribution in [2.45, 2.75) is 51.8 Å². The van der Waals surface area contributed by atoms with Gasteiger partial charge in [-0.05, 0) is 69.3 Å². The second-order valence-electron chi connectivity index (χ2n) is 8.79. The molecule has 6 nitrogen and oxygen atoms in total. The van der Waals surface area contributed by atoms with E-state index in [4.69, 9.17) is 4.74 Å². The third-order valence-corrected chi connectivity index (χ3v) is 6.70. The number of carbonyl (C=O) groups is 1. The molecule has 3 atom stereocenters. The summed E-state index contributed by atoms with van der Waals surface area (Å²) in [5, 5.41) is 11.2. The summed E-state index contributed by atoms with van der Waals surface area (Å²) in [4.78, 5) is 13.3. The van der Waals surface area contributed by atoms with Crippen molar-refractivity contribution in [1.82, 2.24) is 20.2 Å². The van der Waals surface area contributed by atoms with E-state index in [-0.39, 0.29) is 24.1 Å². The van der Waals surface area contributed by atoms with E-state index in [1.54, 1.807) is 13.0 Å². The van der Waals surface area contributed by atoms with Crippen LogP contribution < -0.4 is 15.4 Å². The monoisotopic (exact) mass is 440 g/mol. The van der Waals surface area contributed by atoms with Gasteiger partial charge in [-0.25, -0.2) is 8.78 Å². The van der Waals surface area contributed by atoms with E-state index in [2.05, 4.69) is 15.7 Å².